The van der Waals surface area contributed by atoms with Gasteiger partial charge >= 0.3 is 0 Å². The third kappa shape index (κ3) is 3.24. The topological polar surface area (TPSA) is 12.0 Å². The van der Waals surface area contributed by atoms with Crippen LogP contribution in [0.3, 0.4) is 0 Å². The zero-order valence-electron chi connectivity index (χ0n) is 7.86. The van der Waals surface area contributed by atoms with E-state index >= 15 is 0 Å². The van der Waals surface area contributed by atoms with E-state index in [1.807, 2.05) is 25.1 Å². The Hall–Kier alpha value is -0.670. The molecule has 0 spiro atoms. The number of benzene rings is 1. The van der Waals surface area contributed by atoms with Gasteiger partial charge in [0.2, 0.25) is 0 Å². The summed E-state index contributed by atoms with van der Waals surface area (Å²) in [6.45, 7) is 1.97. The van der Waals surface area contributed by atoms with Crippen LogP contribution in [0.1, 0.15) is 11.1 Å². The van der Waals surface area contributed by atoms with Gasteiger partial charge in [0, 0.05) is 11.6 Å². The van der Waals surface area contributed by atoms with Gasteiger partial charge in [0.1, 0.15) is 0 Å². The number of alkyl halides is 2. The van der Waals surface area contributed by atoms with E-state index in [1.54, 1.807) is 0 Å². The number of aryl methyl sites for hydroxylation is 1. The Morgan fingerprint density at radius 2 is 2.14 bits per heavy atom. The van der Waals surface area contributed by atoms with Crippen LogP contribution in [0.2, 0.25) is 5.02 Å². The summed E-state index contributed by atoms with van der Waals surface area (Å²) >= 11 is 5.98. The van der Waals surface area contributed by atoms with Gasteiger partial charge in [-0.15, -0.1) is 0 Å². The first-order valence-electron chi connectivity index (χ1n) is 4.34. The summed E-state index contributed by atoms with van der Waals surface area (Å²) in [6, 6.07) is 5.58. The fraction of sp³-hybridized carbons (Fsp3) is 0.400. The highest BCUT2D eigenvalue weighted by Gasteiger charge is 2.04. The number of hydrogen-bond donors (Lipinski definition) is 1. The number of nitrogens with one attached hydrogen (secondary N) is 1. The molecule has 0 saturated heterocycles. The van der Waals surface area contributed by atoms with Crippen LogP contribution in [0.25, 0.3) is 0 Å². The van der Waals surface area contributed by atoms with E-state index in [0.717, 1.165) is 11.1 Å². The SMILES string of the molecule is Cc1cccc(CNCC(F)F)c1Cl. The van der Waals surface area contributed by atoms with Gasteiger partial charge in [-0.05, 0) is 18.1 Å². The highest BCUT2D eigenvalue weighted by molar-refractivity contribution is 6.32. The van der Waals surface area contributed by atoms with Crippen molar-refractivity contribution in [3.05, 3.63) is 34.3 Å². The van der Waals surface area contributed by atoms with Crippen molar-refractivity contribution in [2.75, 3.05) is 6.54 Å². The third-order valence-electron chi connectivity index (χ3n) is 1.89. The standard InChI is InChI=1S/C10H12ClF2N/c1-7-3-2-4-8(10(7)11)5-14-6-9(12)13/h2-4,9,14H,5-6H2,1H3. The average molecular weight is 220 g/mol. The molecule has 1 aromatic rings. The largest absolute Gasteiger partial charge is 0.307 e. The molecule has 0 aromatic heterocycles. The molecule has 0 heterocycles. The maximum atomic E-state index is 11.8. The molecule has 0 amide bonds. The zero-order valence-corrected chi connectivity index (χ0v) is 8.61. The van der Waals surface area contributed by atoms with Gasteiger partial charge in [-0.3, -0.25) is 0 Å². The molecule has 1 N–H and O–H groups in total. The monoisotopic (exact) mass is 219 g/mol. The minimum atomic E-state index is -2.32. The molecule has 0 fully saturated rings. The van der Waals surface area contributed by atoms with Gasteiger partial charge in [-0.25, -0.2) is 8.78 Å². The quantitative estimate of drug-likeness (QED) is 0.821. The molecule has 0 atom stereocenters. The van der Waals surface area contributed by atoms with E-state index in [1.165, 1.54) is 0 Å². The molecule has 0 saturated carbocycles. The highest BCUT2D eigenvalue weighted by atomic mass is 35.5. The predicted octanol–water partition coefficient (Wildman–Crippen LogP) is 3.00. The molecule has 4 heteroatoms. The normalized spacial score (nSPS) is 10.9. The summed E-state index contributed by atoms with van der Waals surface area (Å²) in [5, 5.41) is 3.28. The predicted molar refractivity (Wildman–Crippen MR) is 53.9 cm³/mol. The summed E-state index contributed by atoms with van der Waals surface area (Å²) in [7, 11) is 0. The Kier molecular flexibility index (Phi) is 4.29. The van der Waals surface area contributed by atoms with E-state index in [4.69, 9.17) is 11.6 Å². The smallest absolute Gasteiger partial charge is 0.250 e. The van der Waals surface area contributed by atoms with Crippen molar-refractivity contribution in [3.8, 4) is 0 Å². The molecule has 0 aliphatic carbocycles. The maximum absolute atomic E-state index is 11.8. The molecule has 78 valence electrons. The van der Waals surface area contributed by atoms with Crippen molar-refractivity contribution in [1.29, 1.82) is 0 Å². The lowest BCUT2D eigenvalue weighted by Gasteiger charge is -2.07. The Morgan fingerprint density at radius 3 is 2.79 bits per heavy atom. The first kappa shape index (κ1) is 11.4. The van der Waals surface area contributed by atoms with E-state index in [0.29, 0.717) is 11.6 Å². The average Bonchev–Trinajstić information content (AvgIpc) is 2.12. The first-order chi connectivity index (χ1) is 6.61. The second-order valence-electron chi connectivity index (χ2n) is 3.07. The van der Waals surface area contributed by atoms with Gasteiger partial charge in [0.25, 0.3) is 6.43 Å². The van der Waals surface area contributed by atoms with Crippen molar-refractivity contribution < 1.29 is 8.78 Å². The summed E-state index contributed by atoms with van der Waals surface area (Å²) in [5.74, 6) is 0. The fourth-order valence-corrected chi connectivity index (χ4v) is 1.35. The van der Waals surface area contributed by atoms with Gasteiger partial charge in [-0.2, -0.15) is 0 Å². The van der Waals surface area contributed by atoms with Crippen molar-refractivity contribution in [2.24, 2.45) is 0 Å². The van der Waals surface area contributed by atoms with Gasteiger partial charge in [0.15, 0.2) is 0 Å². The third-order valence-corrected chi connectivity index (χ3v) is 2.43. The molecule has 1 aromatic carbocycles. The van der Waals surface area contributed by atoms with Crippen molar-refractivity contribution in [1.82, 2.24) is 5.32 Å². The van der Waals surface area contributed by atoms with Crippen LogP contribution in [0.5, 0.6) is 0 Å². The van der Waals surface area contributed by atoms with Crippen LogP contribution in [-0.2, 0) is 6.54 Å². The van der Waals surface area contributed by atoms with Crippen LogP contribution >= 0.6 is 11.6 Å². The lowest BCUT2D eigenvalue weighted by molar-refractivity contribution is 0.145. The second-order valence-corrected chi connectivity index (χ2v) is 3.45. The van der Waals surface area contributed by atoms with Crippen molar-refractivity contribution in [3.63, 3.8) is 0 Å². The number of rotatable bonds is 4. The van der Waals surface area contributed by atoms with Crippen LogP contribution in [0.15, 0.2) is 18.2 Å². The molecule has 0 aliphatic heterocycles. The lowest BCUT2D eigenvalue weighted by Crippen LogP contribution is -2.20. The Labute approximate surface area is 87.1 Å². The molecule has 14 heavy (non-hydrogen) atoms. The summed E-state index contributed by atoms with van der Waals surface area (Å²) in [4.78, 5) is 0. The highest BCUT2D eigenvalue weighted by Crippen LogP contribution is 2.19. The van der Waals surface area contributed by atoms with Crippen LogP contribution in [0.4, 0.5) is 8.78 Å². The van der Waals surface area contributed by atoms with Crippen LogP contribution < -0.4 is 5.32 Å². The maximum Gasteiger partial charge on any atom is 0.250 e. The molecule has 0 aliphatic rings. The van der Waals surface area contributed by atoms with E-state index in [2.05, 4.69) is 5.32 Å². The van der Waals surface area contributed by atoms with Gasteiger partial charge < -0.3 is 5.32 Å². The molecule has 0 bridgehead atoms. The minimum absolute atomic E-state index is 0.301. The molecule has 1 rings (SSSR count). The molecular formula is C10H12ClF2N. The van der Waals surface area contributed by atoms with E-state index in [9.17, 15) is 8.78 Å². The lowest BCUT2D eigenvalue weighted by atomic mass is 10.1. The molecule has 1 nitrogen and oxygen atoms in total. The van der Waals surface area contributed by atoms with Crippen molar-refractivity contribution >= 4 is 11.6 Å². The minimum Gasteiger partial charge on any atom is -0.307 e. The zero-order chi connectivity index (χ0) is 10.6. The summed E-state index contributed by atoms with van der Waals surface area (Å²) < 4.78 is 23.6. The second kappa shape index (κ2) is 5.27. The number of hydrogen-bond acceptors (Lipinski definition) is 1. The Morgan fingerprint density at radius 1 is 1.43 bits per heavy atom. The Bertz CT molecular complexity index is 302. The van der Waals surface area contributed by atoms with Crippen LogP contribution in [-0.4, -0.2) is 13.0 Å². The van der Waals surface area contributed by atoms with Gasteiger partial charge in [0.05, 0.1) is 6.54 Å². The molecule has 0 radical (unpaired) electrons. The van der Waals surface area contributed by atoms with Crippen LogP contribution in [0, 0.1) is 6.92 Å². The first-order valence-corrected chi connectivity index (χ1v) is 4.72. The number of halogens is 3. The molecule has 0 unspecified atom stereocenters. The van der Waals surface area contributed by atoms with Gasteiger partial charge in [-0.1, -0.05) is 29.8 Å². The van der Waals surface area contributed by atoms with E-state index < -0.39 is 6.43 Å². The fourth-order valence-electron chi connectivity index (χ4n) is 1.16. The Balaban J connectivity index is 2.54. The van der Waals surface area contributed by atoms with E-state index in [-0.39, 0.29) is 6.54 Å². The summed E-state index contributed by atoms with van der Waals surface area (Å²) in [6.07, 6.45) is -2.32. The molecular weight excluding hydrogens is 208 g/mol. The summed E-state index contributed by atoms with van der Waals surface area (Å²) in [5.41, 5.74) is 1.82. The van der Waals surface area contributed by atoms with Crippen molar-refractivity contribution in [2.45, 2.75) is 19.9 Å².